The molecule has 162 valence electrons. The quantitative estimate of drug-likeness (QED) is 0.665. The summed E-state index contributed by atoms with van der Waals surface area (Å²) in [5.74, 6) is -1.26. The maximum Gasteiger partial charge on any atom is 0.413 e. The van der Waals surface area contributed by atoms with Gasteiger partial charge in [0.1, 0.15) is 5.00 Å². The number of sulfone groups is 1. The van der Waals surface area contributed by atoms with Crippen LogP contribution >= 0.6 is 11.3 Å². The molecule has 0 aliphatic heterocycles. The Morgan fingerprint density at radius 2 is 1.70 bits per heavy atom. The zero-order valence-corrected chi connectivity index (χ0v) is 18.8. The molecule has 30 heavy (non-hydrogen) atoms. The van der Waals surface area contributed by atoms with Gasteiger partial charge in [-0.2, -0.15) is 0 Å². The maximum absolute atomic E-state index is 12.4. The van der Waals surface area contributed by atoms with Crippen molar-refractivity contribution in [2.45, 2.75) is 38.5 Å². The first kappa shape index (κ1) is 23.6. The highest BCUT2D eigenvalue weighted by molar-refractivity contribution is 7.91. The van der Waals surface area contributed by atoms with Gasteiger partial charge in [-0.25, -0.2) is 13.2 Å². The van der Waals surface area contributed by atoms with E-state index in [-0.39, 0.29) is 29.1 Å². The molecule has 0 aliphatic rings. The van der Waals surface area contributed by atoms with Crippen LogP contribution in [-0.2, 0) is 19.4 Å². The number of benzene rings is 1. The Bertz CT molecular complexity index is 1060. The standard InChI is InChI=1S/C20H24N2O6S2/c1-12-7-9-15(10-8-12)30(26,27)11-5-6-16(23)21-19-17(13(2)14(3)29-19)18(24)22-20(25)28-4/h7-10H,5-6,11H2,1-4H3,(H,21,23)(H,22,24,25). The smallest absolute Gasteiger partial charge is 0.413 e. The van der Waals surface area contributed by atoms with Crippen molar-refractivity contribution in [3.63, 3.8) is 0 Å². The minimum absolute atomic E-state index is 0.0286. The Balaban J connectivity index is 2.01. The van der Waals surface area contributed by atoms with Crippen molar-refractivity contribution in [2.24, 2.45) is 0 Å². The highest BCUT2D eigenvalue weighted by atomic mass is 32.2. The van der Waals surface area contributed by atoms with Crippen LogP contribution in [0.2, 0.25) is 0 Å². The molecule has 1 aromatic heterocycles. The number of rotatable bonds is 7. The first-order chi connectivity index (χ1) is 14.0. The van der Waals surface area contributed by atoms with E-state index < -0.39 is 27.7 Å². The van der Waals surface area contributed by atoms with Gasteiger partial charge < -0.3 is 10.1 Å². The van der Waals surface area contributed by atoms with Crippen LogP contribution in [0.4, 0.5) is 9.80 Å². The second kappa shape index (κ2) is 9.86. The summed E-state index contributed by atoms with van der Waals surface area (Å²) in [6, 6.07) is 6.55. The molecule has 0 atom stereocenters. The second-order valence-electron chi connectivity index (χ2n) is 6.72. The lowest BCUT2D eigenvalue weighted by atomic mass is 10.1. The molecule has 2 aromatic rings. The average Bonchev–Trinajstić information content (AvgIpc) is 2.95. The van der Waals surface area contributed by atoms with Crippen molar-refractivity contribution in [3.8, 4) is 0 Å². The van der Waals surface area contributed by atoms with Gasteiger partial charge in [0, 0.05) is 11.3 Å². The van der Waals surface area contributed by atoms with Crippen LogP contribution in [0.3, 0.4) is 0 Å². The zero-order chi connectivity index (χ0) is 22.5. The van der Waals surface area contributed by atoms with Gasteiger partial charge >= 0.3 is 6.09 Å². The molecular formula is C20H24N2O6S2. The number of carbonyl (C=O) groups excluding carboxylic acids is 3. The fourth-order valence-corrected chi connectivity index (χ4v) is 5.05. The van der Waals surface area contributed by atoms with Gasteiger partial charge in [-0.3, -0.25) is 14.9 Å². The van der Waals surface area contributed by atoms with Crippen LogP contribution in [0.25, 0.3) is 0 Å². The number of methoxy groups -OCH3 is 1. The van der Waals surface area contributed by atoms with E-state index in [2.05, 4.69) is 15.4 Å². The molecule has 8 nitrogen and oxygen atoms in total. The van der Waals surface area contributed by atoms with Gasteiger partial charge in [0.05, 0.1) is 23.3 Å². The highest BCUT2D eigenvalue weighted by Gasteiger charge is 2.23. The topological polar surface area (TPSA) is 119 Å². The van der Waals surface area contributed by atoms with E-state index in [0.717, 1.165) is 17.6 Å². The molecule has 0 spiro atoms. The fraction of sp³-hybridized carbons (Fsp3) is 0.350. The minimum Gasteiger partial charge on any atom is -0.453 e. The van der Waals surface area contributed by atoms with E-state index in [9.17, 15) is 22.8 Å². The fourth-order valence-electron chi connectivity index (χ4n) is 2.67. The number of carbonyl (C=O) groups is 3. The molecule has 1 heterocycles. The highest BCUT2D eigenvalue weighted by Crippen LogP contribution is 2.32. The lowest BCUT2D eigenvalue weighted by molar-refractivity contribution is -0.116. The molecule has 2 rings (SSSR count). The second-order valence-corrected chi connectivity index (χ2v) is 10.1. The number of alkyl carbamates (subject to hydrolysis) is 1. The minimum atomic E-state index is -3.48. The van der Waals surface area contributed by atoms with Crippen LogP contribution in [0.15, 0.2) is 29.2 Å². The average molecular weight is 453 g/mol. The van der Waals surface area contributed by atoms with Gasteiger partial charge in [-0.15, -0.1) is 11.3 Å². The number of hydrogen-bond donors (Lipinski definition) is 2. The molecule has 0 bridgehead atoms. The molecule has 0 saturated heterocycles. The van der Waals surface area contributed by atoms with Crippen LogP contribution in [-0.4, -0.2) is 39.2 Å². The molecule has 10 heteroatoms. The summed E-state index contributed by atoms with van der Waals surface area (Å²) in [6.45, 7) is 5.37. The number of ether oxygens (including phenoxy) is 1. The third-order valence-corrected chi connectivity index (χ3v) is 7.40. The maximum atomic E-state index is 12.4. The summed E-state index contributed by atoms with van der Waals surface area (Å²) < 4.78 is 29.2. The van der Waals surface area contributed by atoms with Crippen molar-refractivity contribution < 1.29 is 27.5 Å². The Hall–Kier alpha value is -2.72. The van der Waals surface area contributed by atoms with E-state index in [1.165, 1.54) is 11.3 Å². The van der Waals surface area contributed by atoms with Gasteiger partial charge in [0.2, 0.25) is 5.91 Å². The van der Waals surface area contributed by atoms with E-state index in [4.69, 9.17) is 0 Å². The number of nitrogens with one attached hydrogen (secondary N) is 2. The summed E-state index contributed by atoms with van der Waals surface area (Å²) in [7, 11) is -2.34. The van der Waals surface area contributed by atoms with Crippen LogP contribution < -0.4 is 10.6 Å². The summed E-state index contributed by atoms with van der Waals surface area (Å²) in [4.78, 5) is 37.0. The number of anilines is 1. The Kier molecular flexibility index (Phi) is 7.74. The van der Waals surface area contributed by atoms with Gasteiger partial charge in [-0.1, -0.05) is 17.7 Å². The summed E-state index contributed by atoms with van der Waals surface area (Å²) in [5.41, 5.74) is 1.78. The Morgan fingerprint density at radius 1 is 1.07 bits per heavy atom. The van der Waals surface area contributed by atoms with E-state index in [1.54, 1.807) is 38.1 Å². The summed E-state index contributed by atoms with van der Waals surface area (Å²) >= 11 is 1.21. The number of thiophene rings is 1. The molecule has 0 radical (unpaired) electrons. The first-order valence-corrected chi connectivity index (χ1v) is 11.6. The molecule has 1 aromatic carbocycles. The van der Waals surface area contributed by atoms with Gasteiger partial charge in [0.15, 0.2) is 9.84 Å². The normalized spacial score (nSPS) is 11.1. The third-order valence-electron chi connectivity index (χ3n) is 4.46. The van der Waals surface area contributed by atoms with E-state index >= 15 is 0 Å². The van der Waals surface area contributed by atoms with Crippen molar-refractivity contribution in [1.82, 2.24) is 5.32 Å². The van der Waals surface area contributed by atoms with Crippen molar-refractivity contribution in [1.29, 1.82) is 0 Å². The van der Waals surface area contributed by atoms with Crippen LogP contribution in [0.1, 0.15) is 39.2 Å². The van der Waals surface area contributed by atoms with Crippen LogP contribution in [0.5, 0.6) is 0 Å². The summed E-state index contributed by atoms with van der Waals surface area (Å²) in [5, 5.41) is 5.03. The zero-order valence-electron chi connectivity index (χ0n) is 17.2. The molecule has 0 unspecified atom stereocenters. The predicted molar refractivity (Wildman–Crippen MR) is 115 cm³/mol. The summed E-state index contributed by atoms with van der Waals surface area (Å²) in [6.07, 6.45) is -0.796. The molecule has 0 aliphatic carbocycles. The van der Waals surface area contributed by atoms with Gasteiger partial charge in [0.25, 0.3) is 5.91 Å². The van der Waals surface area contributed by atoms with Crippen LogP contribution in [0, 0.1) is 20.8 Å². The lowest BCUT2D eigenvalue weighted by Gasteiger charge is -2.08. The molecule has 2 N–H and O–H groups in total. The molecule has 0 fully saturated rings. The molecule has 0 saturated carbocycles. The Labute approximate surface area is 179 Å². The number of hydrogen-bond acceptors (Lipinski definition) is 7. The monoisotopic (exact) mass is 452 g/mol. The van der Waals surface area contributed by atoms with Crippen molar-refractivity contribution in [3.05, 3.63) is 45.8 Å². The molecule has 3 amide bonds. The van der Waals surface area contributed by atoms with E-state index in [1.807, 2.05) is 6.92 Å². The predicted octanol–water partition coefficient (Wildman–Crippen LogP) is 3.36. The first-order valence-electron chi connectivity index (χ1n) is 9.13. The Morgan fingerprint density at radius 3 is 2.30 bits per heavy atom. The number of amides is 3. The SMILES string of the molecule is COC(=O)NC(=O)c1c(NC(=O)CCCS(=O)(=O)c2ccc(C)cc2)sc(C)c1C. The van der Waals surface area contributed by atoms with E-state index in [0.29, 0.717) is 10.6 Å². The lowest BCUT2D eigenvalue weighted by Crippen LogP contribution is -2.31. The van der Waals surface area contributed by atoms with Crippen molar-refractivity contribution >= 4 is 44.1 Å². The number of imide groups is 1. The molecular weight excluding hydrogens is 428 g/mol. The van der Waals surface area contributed by atoms with Crippen molar-refractivity contribution in [2.75, 3.05) is 18.2 Å². The third kappa shape index (κ3) is 5.90. The van der Waals surface area contributed by atoms with Gasteiger partial charge in [-0.05, 0) is 44.9 Å². The number of aryl methyl sites for hydroxylation is 2. The largest absolute Gasteiger partial charge is 0.453 e.